The minimum Gasteiger partial charge on any atom is -0.503 e. The van der Waals surface area contributed by atoms with Gasteiger partial charge in [0.1, 0.15) is 0 Å². The molecule has 5 nitrogen and oxygen atoms in total. The third kappa shape index (κ3) is 3.31. The summed E-state index contributed by atoms with van der Waals surface area (Å²) >= 11 is 3.42. The monoisotopic (exact) mass is 459 g/mol. The number of ketones is 2. The maximum Gasteiger partial charge on any atom is 0.172 e. The first-order valence-corrected chi connectivity index (χ1v) is 11.2. The van der Waals surface area contributed by atoms with Crippen LogP contribution in [-0.4, -0.2) is 34.7 Å². The molecule has 0 bridgehead atoms. The molecule has 1 N–H and O–H groups in total. The molecule has 0 spiro atoms. The van der Waals surface area contributed by atoms with Gasteiger partial charge in [-0.15, -0.1) is 0 Å². The van der Waals surface area contributed by atoms with E-state index >= 15 is 0 Å². The Labute approximate surface area is 179 Å². The molecular formula is C23H26BrNO4. The van der Waals surface area contributed by atoms with Crippen LogP contribution in [0.3, 0.4) is 0 Å². The number of Topliss-reactive ketones (excluding diaryl/α,β-unsaturated/α-hetero) is 2. The molecule has 2 aliphatic carbocycles. The van der Waals surface area contributed by atoms with Gasteiger partial charge in [0.05, 0.1) is 11.1 Å². The van der Waals surface area contributed by atoms with Crippen LogP contribution in [0.15, 0.2) is 39.1 Å². The summed E-state index contributed by atoms with van der Waals surface area (Å²) in [5.74, 6) is 0.267. The van der Waals surface area contributed by atoms with E-state index in [0.717, 1.165) is 60.3 Å². The first kappa shape index (κ1) is 20.2. The topological polar surface area (TPSA) is 66.8 Å². The van der Waals surface area contributed by atoms with Crippen molar-refractivity contribution in [1.29, 1.82) is 0 Å². The second-order valence-corrected chi connectivity index (χ2v) is 8.59. The number of phenolic OH excluding ortho intramolecular Hbond substituents is 1. The maximum atomic E-state index is 13.1. The van der Waals surface area contributed by atoms with Crippen LogP contribution in [-0.2, 0) is 9.59 Å². The molecule has 0 atom stereocenters. The lowest BCUT2D eigenvalue weighted by Gasteiger charge is -2.43. The molecule has 6 heteroatoms. The van der Waals surface area contributed by atoms with Crippen LogP contribution in [0, 0.1) is 0 Å². The highest BCUT2D eigenvalue weighted by Crippen LogP contribution is 2.50. The number of phenols is 1. The van der Waals surface area contributed by atoms with E-state index < -0.39 is 0 Å². The Morgan fingerprint density at radius 3 is 2.14 bits per heavy atom. The number of carbonyl (C=O) groups is 2. The van der Waals surface area contributed by atoms with Gasteiger partial charge >= 0.3 is 0 Å². The van der Waals surface area contributed by atoms with Gasteiger partial charge in [-0.1, -0.05) is 0 Å². The Morgan fingerprint density at radius 1 is 1.03 bits per heavy atom. The molecule has 0 saturated carbocycles. The zero-order chi connectivity index (χ0) is 20.7. The van der Waals surface area contributed by atoms with Crippen molar-refractivity contribution in [2.45, 2.75) is 58.3 Å². The minimum atomic E-state index is -0.389. The fraction of sp³-hybridized carbons (Fsp3) is 0.478. The molecule has 1 heterocycles. The molecule has 3 aliphatic rings. The summed E-state index contributed by atoms with van der Waals surface area (Å²) in [5, 5.41) is 10.4. The number of halogens is 1. The number of carbonyl (C=O) groups excluding carboxylic acids is 2. The standard InChI is InChI=1S/C23H26BrNO4/c1-3-25-15-7-5-9-17(26)21(15)20(22-16(25)8-6-10-18(22)27)13-11-14(24)23(28)19(12-13)29-4-2/h11-12,20,28H,3-10H2,1-2H3. The van der Waals surface area contributed by atoms with E-state index in [-0.39, 0.29) is 23.2 Å². The Bertz CT molecular complexity index is 902. The van der Waals surface area contributed by atoms with Crippen molar-refractivity contribution in [1.82, 2.24) is 4.90 Å². The van der Waals surface area contributed by atoms with Crippen LogP contribution < -0.4 is 4.74 Å². The largest absolute Gasteiger partial charge is 0.503 e. The van der Waals surface area contributed by atoms with E-state index in [2.05, 4.69) is 27.8 Å². The Hall–Kier alpha value is -2.08. The van der Waals surface area contributed by atoms with Gasteiger partial charge in [-0.05, 0) is 73.2 Å². The Morgan fingerprint density at radius 2 is 1.62 bits per heavy atom. The lowest BCUT2D eigenvalue weighted by molar-refractivity contribution is -0.117. The number of hydrogen-bond donors (Lipinski definition) is 1. The van der Waals surface area contributed by atoms with Gasteiger partial charge in [0, 0.05) is 47.8 Å². The van der Waals surface area contributed by atoms with Gasteiger partial charge in [-0.2, -0.15) is 0 Å². The second kappa shape index (κ2) is 7.98. The van der Waals surface area contributed by atoms with Gasteiger partial charge < -0.3 is 14.7 Å². The summed E-state index contributed by atoms with van der Waals surface area (Å²) in [4.78, 5) is 28.4. The lowest BCUT2D eigenvalue weighted by atomic mass is 9.71. The number of hydrogen-bond acceptors (Lipinski definition) is 5. The van der Waals surface area contributed by atoms with E-state index in [1.54, 1.807) is 6.07 Å². The van der Waals surface area contributed by atoms with Crippen LogP contribution in [0.1, 0.15) is 63.9 Å². The number of ether oxygens (including phenoxy) is 1. The summed E-state index contributed by atoms with van der Waals surface area (Å²) in [6.45, 7) is 5.11. The van der Waals surface area contributed by atoms with E-state index in [0.29, 0.717) is 29.7 Å². The molecule has 4 rings (SSSR count). The summed E-state index contributed by atoms with van der Waals surface area (Å²) in [6.07, 6.45) is 4.44. The average molecular weight is 460 g/mol. The van der Waals surface area contributed by atoms with Crippen molar-refractivity contribution in [2.75, 3.05) is 13.2 Å². The summed E-state index contributed by atoms with van der Waals surface area (Å²) in [5.41, 5.74) is 4.48. The molecule has 1 aromatic carbocycles. The van der Waals surface area contributed by atoms with Gasteiger partial charge in [0.15, 0.2) is 23.1 Å². The van der Waals surface area contributed by atoms with Gasteiger partial charge in [0.2, 0.25) is 0 Å². The van der Waals surface area contributed by atoms with Gasteiger partial charge in [-0.3, -0.25) is 9.59 Å². The third-order valence-corrected chi connectivity index (χ3v) is 6.69. The highest BCUT2D eigenvalue weighted by molar-refractivity contribution is 9.10. The summed E-state index contributed by atoms with van der Waals surface area (Å²) < 4.78 is 6.13. The van der Waals surface area contributed by atoms with Crippen LogP contribution >= 0.6 is 15.9 Å². The molecule has 0 amide bonds. The molecule has 154 valence electrons. The average Bonchev–Trinajstić information content (AvgIpc) is 2.70. The quantitative estimate of drug-likeness (QED) is 0.686. The van der Waals surface area contributed by atoms with Crippen molar-refractivity contribution in [3.63, 3.8) is 0 Å². The van der Waals surface area contributed by atoms with E-state index in [4.69, 9.17) is 4.74 Å². The molecule has 29 heavy (non-hydrogen) atoms. The minimum absolute atomic E-state index is 0.0370. The highest BCUT2D eigenvalue weighted by Gasteiger charge is 2.43. The summed E-state index contributed by atoms with van der Waals surface area (Å²) in [6, 6.07) is 3.61. The molecule has 0 unspecified atom stereocenters. The lowest BCUT2D eigenvalue weighted by Crippen LogP contribution is -2.39. The van der Waals surface area contributed by atoms with Crippen LogP contribution in [0.4, 0.5) is 0 Å². The van der Waals surface area contributed by atoms with Crippen molar-refractivity contribution in [2.24, 2.45) is 0 Å². The second-order valence-electron chi connectivity index (χ2n) is 7.73. The number of nitrogens with zero attached hydrogens (tertiary/aromatic N) is 1. The fourth-order valence-corrected chi connectivity index (χ4v) is 5.42. The molecule has 0 radical (unpaired) electrons. The maximum absolute atomic E-state index is 13.1. The molecule has 1 aliphatic heterocycles. The van der Waals surface area contributed by atoms with Crippen molar-refractivity contribution in [3.05, 3.63) is 44.7 Å². The smallest absolute Gasteiger partial charge is 0.172 e. The predicted molar refractivity (Wildman–Crippen MR) is 114 cm³/mol. The number of benzene rings is 1. The van der Waals surface area contributed by atoms with Crippen LogP contribution in [0.5, 0.6) is 11.5 Å². The van der Waals surface area contributed by atoms with E-state index in [1.807, 2.05) is 13.0 Å². The van der Waals surface area contributed by atoms with E-state index in [1.165, 1.54) is 0 Å². The molecule has 0 fully saturated rings. The number of rotatable bonds is 4. The highest BCUT2D eigenvalue weighted by atomic mass is 79.9. The Balaban J connectivity index is 1.97. The number of aromatic hydroxyl groups is 1. The van der Waals surface area contributed by atoms with Crippen molar-refractivity contribution < 1.29 is 19.4 Å². The van der Waals surface area contributed by atoms with Crippen LogP contribution in [0.25, 0.3) is 0 Å². The first-order chi connectivity index (χ1) is 14.0. The Kier molecular flexibility index (Phi) is 5.56. The fourth-order valence-electron chi connectivity index (χ4n) is 4.96. The van der Waals surface area contributed by atoms with E-state index in [9.17, 15) is 14.7 Å². The molecule has 0 aromatic heterocycles. The zero-order valence-electron chi connectivity index (χ0n) is 16.9. The molecular weight excluding hydrogens is 434 g/mol. The molecule has 0 saturated heterocycles. The van der Waals surface area contributed by atoms with Gasteiger partial charge in [0.25, 0.3) is 0 Å². The zero-order valence-corrected chi connectivity index (χ0v) is 18.5. The van der Waals surface area contributed by atoms with Crippen LogP contribution in [0.2, 0.25) is 0 Å². The van der Waals surface area contributed by atoms with Crippen molar-refractivity contribution in [3.8, 4) is 11.5 Å². The predicted octanol–water partition coefficient (Wildman–Crippen LogP) is 4.99. The normalized spacial score (nSPS) is 20.2. The first-order valence-electron chi connectivity index (χ1n) is 10.4. The number of allylic oxidation sites excluding steroid dienone is 4. The third-order valence-electron chi connectivity index (χ3n) is 6.09. The molecule has 1 aromatic rings. The van der Waals surface area contributed by atoms with Crippen molar-refractivity contribution >= 4 is 27.5 Å². The van der Waals surface area contributed by atoms with Gasteiger partial charge in [-0.25, -0.2) is 0 Å². The SMILES string of the molecule is CCOc1cc(C2C3=C(CCCC3=O)N(CC)C3=C2C(=O)CCC3)cc(Br)c1O. The summed E-state index contributed by atoms with van der Waals surface area (Å²) in [7, 11) is 0.